The van der Waals surface area contributed by atoms with Gasteiger partial charge in [0.2, 0.25) is 5.83 Å². The summed E-state index contributed by atoms with van der Waals surface area (Å²) in [6, 6.07) is 6.48. The number of carbonyl (C=O) groups is 1. The lowest BCUT2D eigenvalue weighted by Gasteiger charge is -2.05. The highest BCUT2D eigenvalue weighted by atomic mass is 35.5. The summed E-state index contributed by atoms with van der Waals surface area (Å²) in [5, 5.41) is 9.00. The van der Waals surface area contributed by atoms with Crippen LogP contribution in [0.1, 0.15) is 18.9 Å². The van der Waals surface area contributed by atoms with Crippen LogP contribution in [0.25, 0.3) is 5.57 Å². The summed E-state index contributed by atoms with van der Waals surface area (Å²) >= 11 is 5.74. The minimum atomic E-state index is -1.55. The van der Waals surface area contributed by atoms with Crippen LogP contribution in [0.2, 0.25) is 5.02 Å². The van der Waals surface area contributed by atoms with E-state index in [1.807, 2.05) is 0 Å². The highest BCUT2D eigenvalue weighted by molar-refractivity contribution is 6.30. The summed E-state index contributed by atoms with van der Waals surface area (Å²) in [5.74, 6) is -2.67. The summed E-state index contributed by atoms with van der Waals surface area (Å²) in [5.41, 5.74) is 0.662. The van der Waals surface area contributed by atoms with E-state index in [1.165, 1.54) is 0 Å². The second-order valence-electron chi connectivity index (χ2n) is 2.96. The molecule has 0 radical (unpaired) electrons. The van der Waals surface area contributed by atoms with Gasteiger partial charge in [0.15, 0.2) is 0 Å². The predicted molar refractivity (Wildman–Crippen MR) is 57.4 cm³/mol. The summed E-state index contributed by atoms with van der Waals surface area (Å²) in [4.78, 5) is 10.5. The Bertz CT molecular complexity index is 413. The van der Waals surface area contributed by atoms with Gasteiger partial charge in [-0.15, -0.1) is 0 Å². The fraction of sp³-hybridized carbons (Fsp3) is 0.182. The fourth-order valence-electron chi connectivity index (χ4n) is 1.29. The van der Waals surface area contributed by atoms with Crippen molar-refractivity contribution in [3.05, 3.63) is 40.7 Å². The van der Waals surface area contributed by atoms with E-state index in [9.17, 15) is 9.18 Å². The number of carboxylic acids is 1. The zero-order valence-electron chi connectivity index (χ0n) is 8.13. The third-order valence-corrected chi connectivity index (χ3v) is 2.21. The lowest BCUT2D eigenvalue weighted by molar-refractivity contribution is -0.134. The molecular weight excluding hydrogens is 219 g/mol. The van der Waals surface area contributed by atoms with Gasteiger partial charge in [0.05, 0.1) is 0 Å². The van der Waals surface area contributed by atoms with Gasteiger partial charge in [-0.25, -0.2) is 4.79 Å². The van der Waals surface area contributed by atoms with E-state index in [1.54, 1.807) is 31.2 Å². The Morgan fingerprint density at radius 1 is 1.53 bits per heavy atom. The van der Waals surface area contributed by atoms with Crippen molar-refractivity contribution in [3.63, 3.8) is 0 Å². The molecule has 0 unspecified atom stereocenters. The Balaban J connectivity index is 3.24. The molecule has 1 rings (SSSR count). The van der Waals surface area contributed by atoms with E-state index < -0.39 is 11.8 Å². The number of hydrogen-bond donors (Lipinski definition) is 1. The number of hydrogen-bond acceptors (Lipinski definition) is 1. The number of benzene rings is 1. The molecular formula is C11H10ClFO2. The highest BCUT2D eigenvalue weighted by Crippen LogP contribution is 2.25. The molecule has 0 heterocycles. The topological polar surface area (TPSA) is 37.3 Å². The zero-order chi connectivity index (χ0) is 11.4. The third-order valence-electron chi connectivity index (χ3n) is 1.98. The molecule has 1 aromatic carbocycles. The monoisotopic (exact) mass is 228 g/mol. The largest absolute Gasteiger partial charge is 0.476 e. The van der Waals surface area contributed by atoms with E-state index in [-0.39, 0.29) is 5.57 Å². The number of halogens is 2. The first-order valence-electron chi connectivity index (χ1n) is 4.44. The number of rotatable bonds is 3. The Hall–Kier alpha value is -1.35. The molecule has 2 nitrogen and oxygen atoms in total. The fourth-order valence-corrected chi connectivity index (χ4v) is 1.48. The van der Waals surface area contributed by atoms with Gasteiger partial charge in [0, 0.05) is 10.6 Å². The van der Waals surface area contributed by atoms with Crippen LogP contribution in [0, 0.1) is 0 Å². The third kappa shape index (κ3) is 2.80. The Kier molecular flexibility index (Phi) is 3.86. The second kappa shape index (κ2) is 4.94. The van der Waals surface area contributed by atoms with Crippen LogP contribution in [0.15, 0.2) is 30.1 Å². The maximum Gasteiger partial charge on any atom is 0.365 e. The number of allylic oxidation sites excluding steroid dienone is 1. The van der Waals surface area contributed by atoms with Crippen molar-refractivity contribution in [2.45, 2.75) is 13.3 Å². The van der Waals surface area contributed by atoms with Crippen molar-refractivity contribution in [3.8, 4) is 0 Å². The molecule has 0 aliphatic rings. The maximum atomic E-state index is 13.2. The minimum absolute atomic E-state index is 0.157. The van der Waals surface area contributed by atoms with Crippen LogP contribution in [0.4, 0.5) is 4.39 Å². The van der Waals surface area contributed by atoms with Gasteiger partial charge in [-0.05, 0) is 24.1 Å². The van der Waals surface area contributed by atoms with Crippen LogP contribution >= 0.6 is 11.6 Å². The van der Waals surface area contributed by atoms with Crippen molar-refractivity contribution in [1.82, 2.24) is 0 Å². The molecule has 80 valence electrons. The molecule has 0 aromatic heterocycles. The van der Waals surface area contributed by atoms with Crippen molar-refractivity contribution in [1.29, 1.82) is 0 Å². The number of aliphatic carboxylic acids is 1. The van der Waals surface area contributed by atoms with Gasteiger partial charge in [-0.3, -0.25) is 0 Å². The second-order valence-corrected chi connectivity index (χ2v) is 3.40. The van der Waals surface area contributed by atoms with Crippen molar-refractivity contribution in [2.24, 2.45) is 0 Å². The van der Waals surface area contributed by atoms with Crippen molar-refractivity contribution < 1.29 is 14.3 Å². The normalized spacial score (nSPS) is 12.2. The quantitative estimate of drug-likeness (QED) is 0.804. The summed E-state index contributed by atoms with van der Waals surface area (Å²) in [7, 11) is 0. The molecule has 1 aromatic rings. The molecule has 4 heteroatoms. The van der Waals surface area contributed by atoms with Crippen LogP contribution in [0.5, 0.6) is 0 Å². The molecule has 1 N–H and O–H groups in total. The summed E-state index contributed by atoms with van der Waals surface area (Å²) < 4.78 is 13.2. The van der Waals surface area contributed by atoms with E-state index in [4.69, 9.17) is 16.7 Å². The maximum absolute atomic E-state index is 13.2. The standard InChI is InChI=1S/C11H10ClFO2/c1-2-9(10(13)11(14)15)7-4-3-5-8(12)6-7/h3-6H,2H2,1H3,(H,14,15). The van der Waals surface area contributed by atoms with E-state index >= 15 is 0 Å². The Morgan fingerprint density at radius 2 is 2.20 bits per heavy atom. The predicted octanol–water partition coefficient (Wildman–Crippen LogP) is 3.52. The van der Waals surface area contributed by atoms with Crippen molar-refractivity contribution >= 4 is 23.1 Å². The lowest BCUT2D eigenvalue weighted by atomic mass is 10.0. The Morgan fingerprint density at radius 3 is 2.67 bits per heavy atom. The molecule has 0 fully saturated rings. The van der Waals surface area contributed by atoms with Gasteiger partial charge in [-0.2, -0.15) is 4.39 Å². The average Bonchev–Trinajstić information content (AvgIpc) is 2.18. The van der Waals surface area contributed by atoms with Gasteiger partial charge < -0.3 is 5.11 Å². The van der Waals surface area contributed by atoms with Crippen LogP contribution < -0.4 is 0 Å². The molecule has 15 heavy (non-hydrogen) atoms. The molecule has 0 amide bonds. The van der Waals surface area contributed by atoms with E-state index in [2.05, 4.69) is 0 Å². The highest BCUT2D eigenvalue weighted by Gasteiger charge is 2.14. The van der Waals surface area contributed by atoms with Crippen LogP contribution in [-0.2, 0) is 4.79 Å². The van der Waals surface area contributed by atoms with E-state index in [0.717, 1.165) is 0 Å². The molecule has 0 saturated heterocycles. The first-order chi connectivity index (χ1) is 7.06. The summed E-state index contributed by atoms with van der Waals surface area (Å²) in [6.45, 7) is 1.69. The first-order valence-corrected chi connectivity index (χ1v) is 4.82. The first kappa shape index (κ1) is 11.7. The molecule has 0 spiro atoms. The van der Waals surface area contributed by atoms with Gasteiger partial charge in [-0.1, -0.05) is 30.7 Å². The van der Waals surface area contributed by atoms with Gasteiger partial charge in [0.1, 0.15) is 0 Å². The average molecular weight is 229 g/mol. The molecule has 0 atom stereocenters. The zero-order valence-corrected chi connectivity index (χ0v) is 8.88. The van der Waals surface area contributed by atoms with Crippen molar-refractivity contribution in [2.75, 3.05) is 0 Å². The van der Waals surface area contributed by atoms with E-state index in [0.29, 0.717) is 17.0 Å². The molecule has 0 saturated carbocycles. The smallest absolute Gasteiger partial charge is 0.365 e. The minimum Gasteiger partial charge on any atom is -0.476 e. The van der Waals surface area contributed by atoms with Crippen LogP contribution in [-0.4, -0.2) is 11.1 Å². The Labute approximate surface area is 92.0 Å². The lowest BCUT2D eigenvalue weighted by Crippen LogP contribution is -1.99. The molecule has 0 bridgehead atoms. The SMILES string of the molecule is CCC(=C(F)C(=O)O)c1cccc(Cl)c1. The summed E-state index contributed by atoms with van der Waals surface area (Å²) in [6.07, 6.45) is 0.304. The number of carboxylic acid groups (broad SMARTS) is 1. The molecule has 0 aliphatic carbocycles. The van der Waals surface area contributed by atoms with Gasteiger partial charge >= 0.3 is 5.97 Å². The van der Waals surface area contributed by atoms with Gasteiger partial charge in [0.25, 0.3) is 0 Å². The van der Waals surface area contributed by atoms with Crippen LogP contribution in [0.3, 0.4) is 0 Å². The molecule has 0 aliphatic heterocycles.